The lowest BCUT2D eigenvalue weighted by Gasteiger charge is -2.06. The number of carbonyl (C=O) groups excluding carboxylic acids is 1. The zero-order chi connectivity index (χ0) is 22.0. The molecule has 1 aromatic carbocycles. The predicted octanol–water partition coefficient (Wildman–Crippen LogP) is 2.68. The summed E-state index contributed by atoms with van der Waals surface area (Å²) < 4.78 is 16.1. The zero-order valence-corrected chi connectivity index (χ0v) is 16.0. The largest absolute Gasteiger partial charge is 0.468 e. The van der Waals surface area contributed by atoms with Crippen molar-refractivity contribution in [3.05, 3.63) is 72.8 Å². The van der Waals surface area contributed by atoms with E-state index in [1.165, 1.54) is 42.1 Å². The van der Waals surface area contributed by atoms with Crippen LogP contribution in [0.3, 0.4) is 0 Å². The summed E-state index contributed by atoms with van der Waals surface area (Å²) in [4.78, 5) is 32.3. The Labute approximate surface area is 172 Å². The summed E-state index contributed by atoms with van der Waals surface area (Å²) in [6, 6.07) is 5.73. The molecule has 14 heteroatoms. The molecule has 0 aliphatic rings. The SMILES string of the molecule is Cc1c([N+](=O)[O-])c([N+](=O)[O-])nn1CC(=O)Nc1ccn(Cc2c(F)cccc2Cl)n1. The van der Waals surface area contributed by atoms with Gasteiger partial charge in [-0.1, -0.05) is 17.7 Å². The van der Waals surface area contributed by atoms with Gasteiger partial charge in [-0.15, -0.1) is 0 Å². The molecule has 0 unspecified atom stereocenters. The third kappa shape index (κ3) is 4.25. The van der Waals surface area contributed by atoms with Crippen LogP contribution < -0.4 is 5.32 Å². The molecule has 0 saturated carbocycles. The van der Waals surface area contributed by atoms with E-state index in [0.717, 1.165) is 4.68 Å². The highest BCUT2D eigenvalue weighted by Gasteiger charge is 2.35. The fraction of sp³-hybridized carbons (Fsp3) is 0.188. The van der Waals surface area contributed by atoms with E-state index in [4.69, 9.17) is 11.6 Å². The zero-order valence-electron chi connectivity index (χ0n) is 15.3. The average Bonchev–Trinajstić information content (AvgIpc) is 3.23. The van der Waals surface area contributed by atoms with Crippen LogP contribution >= 0.6 is 11.6 Å². The molecule has 2 aromatic heterocycles. The molecule has 156 valence electrons. The first-order valence-electron chi connectivity index (χ1n) is 8.29. The number of anilines is 1. The van der Waals surface area contributed by atoms with Gasteiger partial charge in [0.15, 0.2) is 5.82 Å². The van der Waals surface area contributed by atoms with Crippen molar-refractivity contribution < 1.29 is 19.0 Å². The Morgan fingerprint density at radius 1 is 1.23 bits per heavy atom. The molecule has 1 N–H and O–H groups in total. The van der Waals surface area contributed by atoms with Crippen LogP contribution in [0, 0.1) is 33.0 Å². The van der Waals surface area contributed by atoms with Gasteiger partial charge in [-0.2, -0.15) is 9.78 Å². The molecule has 0 bridgehead atoms. The molecule has 30 heavy (non-hydrogen) atoms. The number of nitro groups is 2. The van der Waals surface area contributed by atoms with Gasteiger partial charge in [0.05, 0.1) is 16.6 Å². The summed E-state index contributed by atoms with van der Waals surface area (Å²) in [6.45, 7) is 0.767. The molecular formula is C16H13ClFN7O5. The molecule has 12 nitrogen and oxygen atoms in total. The molecule has 1 amide bonds. The van der Waals surface area contributed by atoms with E-state index in [1.807, 2.05) is 0 Å². The van der Waals surface area contributed by atoms with Gasteiger partial charge >= 0.3 is 11.5 Å². The Hall–Kier alpha value is -3.87. The molecule has 3 aromatic rings. The van der Waals surface area contributed by atoms with Crippen molar-refractivity contribution in [3.8, 4) is 0 Å². The number of nitrogens with zero attached hydrogens (tertiary/aromatic N) is 6. The molecule has 0 atom stereocenters. The maximum Gasteiger partial charge on any atom is 0.468 e. The van der Waals surface area contributed by atoms with Crippen molar-refractivity contribution in [2.24, 2.45) is 0 Å². The Kier molecular flexibility index (Phi) is 5.73. The summed E-state index contributed by atoms with van der Waals surface area (Å²) >= 11 is 5.98. The Balaban J connectivity index is 1.72. The van der Waals surface area contributed by atoms with Gasteiger partial charge in [-0.25, -0.2) is 4.39 Å². The van der Waals surface area contributed by atoms with Gasteiger partial charge in [0.2, 0.25) is 5.91 Å². The molecule has 2 heterocycles. The van der Waals surface area contributed by atoms with E-state index in [9.17, 15) is 29.4 Å². The number of hydrogen-bond donors (Lipinski definition) is 1. The minimum absolute atomic E-state index is 0.0258. The van der Waals surface area contributed by atoms with Crippen LogP contribution in [0.1, 0.15) is 11.3 Å². The lowest BCUT2D eigenvalue weighted by atomic mass is 10.2. The minimum atomic E-state index is -0.991. The van der Waals surface area contributed by atoms with Gasteiger partial charge in [0.1, 0.15) is 18.1 Å². The quantitative estimate of drug-likeness (QED) is 0.440. The van der Waals surface area contributed by atoms with Crippen LogP contribution in [-0.2, 0) is 17.9 Å². The van der Waals surface area contributed by atoms with E-state index in [0.29, 0.717) is 0 Å². The monoisotopic (exact) mass is 437 g/mol. The fourth-order valence-electron chi connectivity index (χ4n) is 2.69. The molecule has 3 rings (SSSR count). The second-order valence-electron chi connectivity index (χ2n) is 6.08. The van der Waals surface area contributed by atoms with Gasteiger partial charge in [-0.05, 0) is 24.0 Å². The molecular weight excluding hydrogens is 425 g/mol. The van der Waals surface area contributed by atoms with Crippen molar-refractivity contribution in [1.29, 1.82) is 0 Å². The molecule has 0 saturated heterocycles. The van der Waals surface area contributed by atoms with Crippen LogP contribution in [-0.4, -0.2) is 35.3 Å². The maximum atomic E-state index is 13.9. The van der Waals surface area contributed by atoms with Gasteiger partial charge in [0, 0.05) is 22.8 Å². The highest BCUT2D eigenvalue weighted by Crippen LogP contribution is 2.29. The number of hydrogen-bond acceptors (Lipinski definition) is 7. The molecule has 0 aliphatic heterocycles. The lowest BCUT2D eigenvalue weighted by Crippen LogP contribution is -2.20. The number of rotatable bonds is 7. The van der Waals surface area contributed by atoms with Crippen molar-refractivity contribution in [1.82, 2.24) is 19.6 Å². The summed E-state index contributed by atoms with van der Waals surface area (Å²) in [5.41, 5.74) is -0.688. The van der Waals surface area contributed by atoms with E-state index >= 15 is 0 Å². The van der Waals surface area contributed by atoms with Crippen LogP contribution in [0.2, 0.25) is 5.02 Å². The van der Waals surface area contributed by atoms with Crippen molar-refractivity contribution in [3.63, 3.8) is 0 Å². The van der Waals surface area contributed by atoms with E-state index in [-0.39, 0.29) is 28.6 Å². The number of nitrogens with one attached hydrogen (secondary N) is 1. The third-order valence-electron chi connectivity index (χ3n) is 4.10. The van der Waals surface area contributed by atoms with E-state index in [2.05, 4.69) is 15.5 Å². The van der Waals surface area contributed by atoms with Crippen LogP contribution in [0.5, 0.6) is 0 Å². The topological polar surface area (TPSA) is 151 Å². The van der Waals surface area contributed by atoms with Crippen LogP contribution in [0.25, 0.3) is 0 Å². The number of aromatic nitrogens is 4. The van der Waals surface area contributed by atoms with Crippen molar-refractivity contribution in [2.45, 2.75) is 20.0 Å². The smallest absolute Gasteiger partial charge is 0.358 e. The standard InChI is InChI=1S/C16H13ClFN7O5/c1-9-15(24(27)28)16(25(29)30)21-23(9)8-14(26)19-13-5-6-22(20-13)7-10-11(17)3-2-4-12(10)18/h2-6H,7-8H2,1H3,(H,19,20,26). The Bertz CT molecular complexity index is 1140. The predicted molar refractivity (Wildman–Crippen MR) is 102 cm³/mol. The minimum Gasteiger partial charge on any atom is -0.358 e. The summed E-state index contributed by atoms with van der Waals surface area (Å²) in [5, 5.41) is 32.3. The van der Waals surface area contributed by atoms with E-state index in [1.54, 1.807) is 0 Å². The maximum absolute atomic E-state index is 13.9. The first-order valence-corrected chi connectivity index (χ1v) is 8.67. The number of halogens is 2. The van der Waals surface area contributed by atoms with Crippen LogP contribution in [0.15, 0.2) is 30.5 Å². The fourth-order valence-corrected chi connectivity index (χ4v) is 2.91. The number of carbonyl (C=O) groups is 1. The lowest BCUT2D eigenvalue weighted by molar-refractivity contribution is -0.424. The summed E-state index contributed by atoms with van der Waals surface area (Å²) in [5.74, 6) is -1.99. The van der Waals surface area contributed by atoms with Gasteiger partial charge in [-0.3, -0.25) is 19.6 Å². The highest BCUT2D eigenvalue weighted by molar-refractivity contribution is 6.31. The summed E-state index contributed by atoms with van der Waals surface area (Å²) in [6.07, 6.45) is 1.49. The summed E-state index contributed by atoms with van der Waals surface area (Å²) in [7, 11) is 0. The van der Waals surface area contributed by atoms with Crippen molar-refractivity contribution in [2.75, 3.05) is 5.32 Å². The van der Waals surface area contributed by atoms with Crippen molar-refractivity contribution >= 4 is 34.8 Å². The number of benzene rings is 1. The van der Waals surface area contributed by atoms with Gasteiger partial charge < -0.3 is 15.4 Å². The number of amides is 1. The third-order valence-corrected chi connectivity index (χ3v) is 4.45. The second kappa shape index (κ2) is 8.24. The average molecular weight is 438 g/mol. The first kappa shape index (κ1) is 20.9. The Morgan fingerprint density at radius 3 is 2.57 bits per heavy atom. The normalized spacial score (nSPS) is 10.8. The molecule has 0 spiro atoms. The highest BCUT2D eigenvalue weighted by atomic mass is 35.5. The Morgan fingerprint density at radius 2 is 1.97 bits per heavy atom. The first-order chi connectivity index (χ1) is 14.2. The molecule has 0 fully saturated rings. The van der Waals surface area contributed by atoms with E-state index < -0.39 is 39.6 Å². The van der Waals surface area contributed by atoms with Gasteiger partial charge in [0.25, 0.3) is 0 Å². The second-order valence-corrected chi connectivity index (χ2v) is 6.48. The molecule has 0 aliphatic carbocycles. The van der Waals surface area contributed by atoms with Crippen LogP contribution in [0.4, 0.5) is 21.7 Å². The molecule has 0 radical (unpaired) electrons.